The molecule has 1 amide bonds. The molecule has 0 aromatic heterocycles. The van der Waals surface area contributed by atoms with E-state index in [9.17, 15) is 18.0 Å². The van der Waals surface area contributed by atoms with E-state index in [1.54, 1.807) is 11.0 Å². The van der Waals surface area contributed by atoms with E-state index < -0.39 is 11.7 Å². The highest BCUT2D eigenvalue weighted by Gasteiger charge is 2.33. The van der Waals surface area contributed by atoms with Gasteiger partial charge in [-0.1, -0.05) is 30.3 Å². The van der Waals surface area contributed by atoms with Crippen molar-refractivity contribution in [1.29, 1.82) is 0 Å². The lowest BCUT2D eigenvalue weighted by Gasteiger charge is -2.25. The first-order valence-corrected chi connectivity index (χ1v) is 11.4. The second-order valence-corrected chi connectivity index (χ2v) is 8.33. The first-order valence-electron chi connectivity index (χ1n) is 11.4. The van der Waals surface area contributed by atoms with Crippen LogP contribution in [0.4, 0.5) is 13.2 Å². The highest BCUT2D eigenvalue weighted by molar-refractivity contribution is 5.78. The van der Waals surface area contributed by atoms with Crippen LogP contribution in [0.2, 0.25) is 0 Å². The number of alkyl halides is 3. The second kappa shape index (κ2) is 12.0. The summed E-state index contributed by atoms with van der Waals surface area (Å²) in [6, 6.07) is 11.3. The van der Waals surface area contributed by atoms with Crippen LogP contribution in [0.25, 0.3) is 0 Å². The number of aliphatic hydroxyl groups is 1. The molecule has 0 saturated heterocycles. The Kier molecular flexibility index (Phi) is 9.14. The van der Waals surface area contributed by atoms with Crippen molar-refractivity contribution < 1.29 is 27.8 Å². The molecule has 0 spiro atoms. The first-order chi connectivity index (χ1) is 15.9. The molecule has 0 unspecified atom stereocenters. The lowest BCUT2D eigenvalue weighted by Crippen LogP contribution is -2.37. The number of fused-ring (bicyclic) bond motifs is 1. The van der Waals surface area contributed by atoms with Crippen LogP contribution in [0.5, 0.6) is 5.75 Å². The molecule has 0 atom stereocenters. The number of halogens is 3. The largest absolute Gasteiger partial charge is 0.493 e. The number of rotatable bonds is 5. The smallest absolute Gasteiger partial charge is 0.416 e. The van der Waals surface area contributed by atoms with E-state index in [4.69, 9.17) is 9.84 Å². The lowest BCUT2D eigenvalue weighted by molar-refractivity contribution is -0.138. The molecule has 1 aliphatic rings. The van der Waals surface area contributed by atoms with Crippen LogP contribution in [0.1, 0.15) is 47.9 Å². The van der Waals surface area contributed by atoms with Gasteiger partial charge in [0.05, 0.1) is 18.7 Å². The molecule has 0 fully saturated rings. The molecule has 1 heterocycles. The van der Waals surface area contributed by atoms with E-state index in [1.807, 2.05) is 18.2 Å². The summed E-state index contributed by atoms with van der Waals surface area (Å²) in [7, 11) is 0. The fraction of sp³-hybridized carbons (Fsp3) is 0.480. The van der Waals surface area contributed by atoms with Crippen LogP contribution in [0.15, 0.2) is 42.5 Å². The van der Waals surface area contributed by atoms with Gasteiger partial charge in [-0.3, -0.25) is 9.69 Å². The molecule has 0 aliphatic carbocycles. The predicted molar refractivity (Wildman–Crippen MR) is 120 cm³/mol. The minimum absolute atomic E-state index is 0.0213. The molecule has 33 heavy (non-hydrogen) atoms. The van der Waals surface area contributed by atoms with Gasteiger partial charge < -0.3 is 15.2 Å². The van der Waals surface area contributed by atoms with E-state index in [0.717, 1.165) is 36.5 Å². The van der Waals surface area contributed by atoms with Crippen molar-refractivity contribution in [2.45, 2.75) is 51.4 Å². The highest BCUT2D eigenvalue weighted by Crippen LogP contribution is 2.33. The van der Waals surface area contributed by atoms with Gasteiger partial charge in [-0.2, -0.15) is 13.2 Å². The van der Waals surface area contributed by atoms with Crippen molar-refractivity contribution >= 4 is 5.91 Å². The molecule has 3 rings (SSSR count). The molecule has 0 radical (unpaired) electrons. The molecule has 0 bridgehead atoms. The summed E-state index contributed by atoms with van der Waals surface area (Å²) < 4.78 is 46.7. The van der Waals surface area contributed by atoms with Gasteiger partial charge in [0.1, 0.15) is 5.75 Å². The Labute approximate surface area is 192 Å². The summed E-state index contributed by atoms with van der Waals surface area (Å²) in [6.07, 6.45) is -0.594. The predicted octanol–water partition coefficient (Wildman–Crippen LogP) is 4.31. The van der Waals surface area contributed by atoms with Crippen molar-refractivity contribution in [3.05, 3.63) is 64.7 Å². The van der Waals surface area contributed by atoms with Gasteiger partial charge in [-0.25, -0.2) is 0 Å². The Morgan fingerprint density at radius 3 is 2.67 bits per heavy atom. The van der Waals surface area contributed by atoms with Gasteiger partial charge in [0.15, 0.2) is 0 Å². The molecule has 1 aliphatic heterocycles. The number of nitrogens with zero attached hydrogens (tertiary/aromatic N) is 1. The summed E-state index contributed by atoms with van der Waals surface area (Å²) in [5, 5.41) is 12.0. The number of aryl methyl sites for hydroxylation is 1. The topological polar surface area (TPSA) is 61.8 Å². The molecule has 2 aromatic carbocycles. The van der Waals surface area contributed by atoms with Gasteiger partial charge >= 0.3 is 6.18 Å². The molecule has 2 aromatic rings. The number of hydrogen-bond acceptors (Lipinski definition) is 4. The summed E-state index contributed by atoms with van der Waals surface area (Å²) in [6.45, 7) is 1.36. The quantitative estimate of drug-likeness (QED) is 0.692. The Morgan fingerprint density at radius 2 is 1.88 bits per heavy atom. The van der Waals surface area contributed by atoms with Gasteiger partial charge in [0.2, 0.25) is 5.91 Å². The number of aliphatic hydroxyl groups excluding tert-OH is 1. The number of benzene rings is 2. The first kappa shape index (κ1) is 25.1. The monoisotopic (exact) mass is 464 g/mol. The zero-order valence-corrected chi connectivity index (χ0v) is 18.7. The Hall–Kier alpha value is -2.58. The van der Waals surface area contributed by atoms with Crippen LogP contribution >= 0.6 is 0 Å². The molecular formula is C25H31F3N2O3. The number of amides is 1. The van der Waals surface area contributed by atoms with Crippen LogP contribution in [0.3, 0.4) is 0 Å². The van der Waals surface area contributed by atoms with E-state index in [2.05, 4.69) is 5.32 Å². The zero-order chi connectivity index (χ0) is 23.7. The van der Waals surface area contributed by atoms with E-state index in [1.165, 1.54) is 12.1 Å². The standard InChI is InChI=1S/C25H31F3N2O3/c26-25(27,28)22-9-3-2-8-20(22)16-30-17-21-15-19(7-6-13-31)10-11-23(21)33-14-5-1-4-12-29-24(32)18-30/h2-3,8-11,15,31H,1,4-7,12-14,16-18H2,(H,29,32). The van der Waals surface area contributed by atoms with E-state index in [-0.39, 0.29) is 37.7 Å². The fourth-order valence-corrected chi connectivity index (χ4v) is 3.99. The average Bonchev–Trinajstić information content (AvgIpc) is 2.78. The SMILES string of the molecule is O=C1CN(Cc2ccccc2C(F)(F)F)Cc2cc(CCCO)ccc2OCCCCCN1. The number of hydrogen-bond donors (Lipinski definition) is 2. The van der Waals surface area contributed by atoms with Crippen molar-refractivity contribution in [2.24, 2.45) is 0 Å². The third-order valence-corrected chi connectivity index (χ3v) is 5.63. The number of carbonyl (C=O) groups excluding carboxylic acids is 1. The Morgan fingerprint density at radius 1 is 1.06 bits per heavy atom. The van der Waals surface area contributed by atoms with Gasteiger partial charge in [0, 0.05) is 31.8 Å². The van der Waals surface area contributed by atoms with Crippen molar-refractivity contribution in [3.63, 3.8) is 0 Å². The molecule has 8 heteroatoms. The number of carbonyl (C=O) groups is 1. The van der Waals surface area contributed by atoms with Crippen molar-refractivity contribution in [2.75, 3.05) is 26.3 Å². The Balaban J connectivity index is 1.92. The van der Waals surface area contributed by atoms with E-state index in [0.29, 0.717) is 31.7 Å². The van der Waals surface area contributed by atoms with Crippen LogP contribution in [0, 0.1) is 0 Å². The summed E-state index contributed by atoms with van der Waals surface area (Å²) in [4.78, 5) is 14.3. The lowest BCUT2D eigenvalue weighted by atomic mass is 10.0. The third kappa shape index (κ3) is 7.75. The summed E-state index contributed by atoms with van der Waals surface area (Å²) in [5.41, 5.74) is 1.26. The number of nitrogens with one attached hydrogen (secondary N) is 1. The van der Waals surface area contributed by atoms with Crippen LogP contribution in [-0.2, 0) is 30.5 Å². The van der Waals surface area contributed by atoms with Gasteiger partial charge in [0.25, 0.3) is 0 Å². The van der Waals surface area contributed by atoms with Crippen LogP contribution < -0.4 is 10.1 Å². The fourth-order valence-electron chi connectivity index (χ4n) is 3.99. The van der Waals surface area contributed by atoms with Crippen molar-refractivity contribution in [3.8, 4) is 5.75 Å². The molecular weight excluding hydrogens is 433 g/mol. The third-order valence-electron chi connectivity index (χ3n) is 5.63. The molecule has 0 saturated carbocycles. The maximum atomic E-state index is 13.6. The van der Waals surface area contributed by atoms with Gasteiger partial charge in [-0.15, -0.1) is 0 Å². The van der Waals surface area contributed by atoms with E-state index >= 15 is 0 Å². The summed E-state index contributed by atoms with van der Waals surface area (Å²) >= 11 is 0. The molecule has 5 nitrogen and oxygen atoms in total. The second-order valence-electron chi connectivity index (χ2n) is 8.33. The maximum absolute atomic E-state index is 13.6. The minimum Gasteiger partial charge on any atom is -0.493 e. The Bertz CT molecular complexity index is 918. The average molecular weight is 465 g/mol. The molecule has 2 N–H and O–H groups in total. The maximum Gasteiger partial charge on any atom is 0.416 e. The number of ether oxygens (including phenoxy) is 1. The van der Waals surface area contributed by atoms with Crippen molar-refractivity contribution in [1.82, 2.24) is 10.2 Å². The highest BCUT2D eigenvalue weighted by atomic mass is 19.4. The minimum atomic E-state index is -4.47. The zero-order valence-electron chi connectivity index (χ0n) is 18.7. The molecule has 180 valence electrons. The normalized spacial score (nSPS) is 16.5. The van der Waals surface area contributed by atoms with Crippen LogP contribution in [-0.4, -0.2) is 42.2 Å². The van der Waals surface area contributed by atoms with Gasteiger partial charge in [-0.05, 0) is 55.4 Å². The summed E-state index contributed by atoms with van der Waals surface area (Å²) in [5.74, 6) is 0.467.